The Morgan fingerprint density at radius 1 is 1.29 bits per heavy atom. The normalized spacial score (nSPS) is 20.0. The number of aryl methyl sites for hydroxylation is 1. The number of hydrogen-bond acceptors (Lipinski definition) is 6. The number of carbonyl (C=O) groups is 1. The predicted octanol–water partition coefficient (Wildman–Crippen LogP) is 3.07. The number of likely N-dealkylation sites (N-methyl/N-ethyl adjacent to an activating group) is 1. The fraction of sp³-hybridized carbons (Fsp3) is 0.400. The maximum atomic E-state index is 13.4. The molecule has 4 heterocycles. The molecule has 28 heavy (non-hydrogen) atoms. The summed E-state index contributed by atoms with van der Waals surface area (Å²) in [6.45, 7) is 5.90. The number of amides is 1. The summed E-state index contributed by atoms with van der Waals surface area (Å²) in [6, 6.07) is 3.79. The first-order valence-electron chi connectivity index (χ1n) is 9.35. The number of nitrogens with zero attached hydrogens (tertiary/aromatic N) is 4. The van der Waals surface area contributed by atoms with E-state index in [0.717, 1.165) is 31.5 Å². The van der Waals surface area contributed by atoms with Crippen LogP contribution in [0.15, 0.2) is 28.0 Å². The summed E-state index contributed by atoms with van der Waals surface area (Å²) >= 11 is 6.45. The lowest BCUT2D eigenvalue weighted by atomic mass is 9.99. The average molecular weight is 415 g/mol. The van der Waals surface area contributed by atoms with E-state index in [-0.39, 0.29) is 11.5 Å². The van der Waals surface area contributed by atoms with Gasteiger partial charge in [0.25, 0.3) is 11.5 Å². The van der Waals surface area contributed by atoms with Gasteiger partial charge in [-0.25, -0.2) is 4.98 Å². The van der Waals surface area contributed by atoms with Crippen molar-refractivity contribution in [3.63, 3.8) is 0 Å². The van der Waals surface area contributed by atoms with Gasteiger partial charge in [-0.05, 0) is 43.4 Å². The largest absolute Gasteiger partial charge is 0.356 e. The molecule has 2 aromatic rings. The monoisotopic (exact) mass is 414 g/mol. The molecule has 6 nitrogen and oxygen atoms in total. The Morgan fingerprint density at radius 2 is 2.00 bits per heavy atom. The van der Waals surface area contributed by atoms with Gasteiger partial charge in [0, 0.05) is 26.3 Å². The summed E-state index contributed by atoms with van der Waals surface area (Å²) in [6.07, 6.45) is 5.51. The van der Waals surface area contributed by atoms with Crippen molar-refractivity contribution < 1.29 is 4.79 Å². The van der Waals surface area contributed by atoms with Crippen LogP contribution in [0.4, 0.5) is 5.82 Å². The van der Waals surface area contributed by atoms with Gasteiger partial charge in [0.05, 0.1) is 10.5 Å². The maximum absolute atomic E-state index is 13.4. The fourth-order valence-electron chi connectivity index (χ4n) is 3.56. The number of rotatable bonds is 2. The zero-order valence-electron chi connectivity index (χ0n) is 16.1. The van der Waals surface area contributed by atoms with E-state index in [4.69, 9.17) is 17.2 Å². The Labute approximate surface area is 173 Å². The van der Waals surface area contributed by atoms with Gasteiger partial charge in [0.15, 0.2) is 0 Å². The number of anilines is 1. The van der Waals surface area contributed by atoms with Crippen molar-refractivity contribution in [2.45, 2.75) is 26.7 Å². The Morgan fingerprint density at radius 3 is 2.64 bits per heavy atom. The van der Waals surface area contributed by atoms with Gasteiger partial charge in [-0.1, -0.05) is 37.0 Å². The molecule has 2 aliphatic rings. The molecule has 0 radical (unpaired) electrons. The van der Waals surface area contributed by atoms with Crippen molar-refractivity contribution in [3.8, 4) is 0 Å². The molecule has 0 aromatic carbocycles. The first-order chi connectivity index (χ1) is 13.4. The molecule has 0 unspecified atom stereocenters. The third-order valence-corrected chi connectivity index (χ3v) is 6.89. The minimum absolute atomic E-state index is 0.163. The van der Waals surface area contributed by atoms with Crippen LogP contribution in [-0.4, -0.2) is 44.6 Å². The van der Waals surface area contributed by atoms with Crippen molar-refractivity contribution in [2.24, 2.45) is 5.92 Å². The summed E-state index contributed by atoms with van der Waals surface area (Å²) in [7, 11) is 1.65. The van der Waals surface area contributed by atoms with E-state index in [0.29, 0.717) is 32.2 Å². The zero-order chi connectivity index (χ0) is 20.0. The van der Waals surface area contributed by atoms with Crippen LogP contribution in [0.1, 0.15) is 30.9 Å². The van der Waals surface area contributed by atoms with Crippen LogP contribution in [0, 0.1) is 12.8 Å². The second-order valence-corrected chi connectivity index (χ2v) is 9.13. The van der Waals surface area contributed by atoms with Gasteiger partial charge in [-0.15, -0.1) is 0 Å². The topological polar surface area (TPSA) is 57.9 Å². The van der Waals surface area contributed by atoms with Crippen LogP contribution >= 0.6 is 24.0 Å². The lowest BCUT2D eigenvalue weighted by Crippen LogP contribution is -2.36. The molecular weight excluding hydrogens is 392 g/mol. The van der Waals surface area contributed by atoms with Gasteiger partial charge in [0.1, 0.15) is 15.8 Å². The van der Waals surface area contributed by atoms with Crippen LogP contribution in [-0.2, 0) is 4.79 Å². The molecule has 2 saturated heterocycles. The maximum Gasteiger partial charge on any atom is 0.267 e. The van der Waals surface area contributed by atoms with Gasteiger partial charge in [-0.3, -0.25) is 18.9 Å². The van der Waals surface area contributed by atoms with Crippen molar-refractivity contribution in [3.05, 3.63) is 44.7 Å². The molecule has 0 N–H and O–H groups in total. The Hall–Kier alpha value is -2.19. The van der Waals surface area contributed by atoms with Crippen LogP contribution in [0.5, 0.6) is 0 Å². The molecular formula is C20H22N4O2S2. The number of piperidine rings is 1. The van der Waals surface area contributed by atoms with Crippen LogP contribution in [0.3, 0.4) is 0 Å². The Kier molecular flexibility index (Phi) is 5.01. The van der Waals surface area contributed by atoms with E-state index >= 15 is 0 Å². The molecule has 8 heteroatoms. The molecule has 2 aromatic heterocycles. The van der Waals surface area contributed by atoms with Gasteiger partial charge in [0.2, 0.25) is 0 Å². The molecule has 0 bridgehead atoms. The highest BCUT2D eigenvalue weighted by atomic mass is 32.2. The average Bonchev–Trinajstić information content (AvgIpc) is 2.92. The summed E-state index contributed by atoms with van der Waals surface area (Å²) in [4.78, 5) is 34.8. The highest BCUT2D eigenvalue weighted by molar-refractivity contribution is 8.26. The zero-order valence-corrected chi connectivity index (χ0v) is 17.8. The molecule has 2 fully saturated rings. The predicted molar refractivity (Wildman–Crippen MR) is 118 cm³/mol. The first-order valence-corrected chi connectivity index (χ1v) is 10.6. The summed E-state index contributed by atoms with van der Waals surface area (Å²) in [5.41, 5.74) is 1.88. The number of aromatic nitrogens is 2. The molecule has 2 aliphatic heterocycles. The molecule has 146 valence electrons. The molecule has 0 spiro atoms. The number of carbonyl (C=O) groups excluding carboxylic acids is 1. The number of thioether (sulfide) groups is 1. The third kappa shape index (κ3) is 3.24. The van der Waals surface area contributed by atoms with Gasteiger partial charge >= 0.3 is 0 Å². The Bertz CT molecular complexity index is 1070. The van der Waals surface area contributed by atoms with Crippen LogP contribution < -0.4 is 10.5 Å². The van der Waals surface area contributed by atoms with Gasteiger partial charge in [-0.2, -0.15) is 0 Å². The summed E-state index contributed by atoms with van der Waals surface area (Å²) in [5, 5.41) is 0. The molecule has 0 atom stereocenters. The molecule has 1 amide bonds. The molecule has 0 aliphatic carbocycles. The lowest BCUT2D eigenvalue weighted by molar-refractivity contribution is -0.121. The highest BCUT2D eigenvalue weighted by Crippen LogP contribution is 2.33. The number of pyridine rings is 1. The first kappa shape index (κ1) is 19.1. The van der Waals surface area contributed by atoms with Crippen LogP contribution in [0.25, 0.3) is 11.7 Å². The third-order valence-electron chi connectivity index (χ3n) is 5.41. The van der Waals surface area contributed by atoms with E-state index < -0.39 is 0 Å². The quantitative estimate of drug-likeness (QED) is 0.556. The number of fused-ring (bicyclic) bond motifs is 1. The standard InChI is InChI=1S/C20H22N4O2S2/c1-12-6-9-23(10-7-12)17-14(11-15-19(26)22(3)20(27)28-15)18(25)24-8-4-5-13(2)16(24)21-17/h4-5,8,11-12H,6-7,9-10H2,1-3H3/b15-11+. The SMILES string of the molecule is Cc1cccn2c(=O)c(/C=C3/SC(=S)N(C)C3=O)c(N3CCC(C)CC3)nc12. The Balaban J connectivity index is 1.92. The minimum atomic E-state index is -0.179. The van der Waals surface area contributed by atoms with E-state index in [2.05, 4.69) is 11.8 Å². The van der Waals surface area contributed by atoms with Crippen molar-refractivity contribution in [2.75, 3.05) is 25.0 Å². The van der Waals surface area contributed by atoms with E-state index in [1.807, 2.05) is 19.1 Å². The highest BCUT2D eigenvalue weighted by Gasteiger charge is 2.30. The lowest BCUT2D eigenvalue weighted by Gasteiger charge is -2.32. The van der Waals surface area contributed by atoms with E-state index in [1.165, 1.54) is 16.7 Å². The smallest absolute Gasteiger partial charge is 0.267 e. The summed E-state index contributed by atoms with van der Waals surface area (Å²) < 4.78 is 2.05. The summed E-state index contributed by atoms with van der Waals surface area (Å²) in [5.74, 6) is 1.15. The minimum Gasteiger partial charge on any atom is -0.356 e. The molecule has 4 rings (SSSR count). The number of hydrogen-bond donors (Lipinski definition) is 0. The second kappa shape index (κ2) is 7.33. The fourth-order valence-corrected chi connectivity index (χ4v) is 4.73. The van der Waals surface area contributed by atoms with E-state index in [9.17, 15) is 9.59 Å². The van der Waals surface area contributed by atoms with Gasteiger partial charge < -0.3 is 4.90 Å². The van der Waals surface area contributed by atoms with Crippen LogP contribution in [0.2, 0.25) is 0 Å². The van der Waals surface area contributed by atoms with Crippen molar-refractivity contribution >= 4 is 51.7 Å². The van der Waals surface area contributed by atoms with Crippen molar-refractivity contribution in [1.82, 2.24) is 14.3 Å². The van der Waals surface area contributed by atoms with E-state index in [1.54, 1.807) is 23.7 Å². The number of thiocarbonyl (C=S) groups is 1. The van der Waals surface area contributed by atoms with Crippen molar-refractivity contribution in [1.29, 1.82) is 0 Å². The molecule has 0 saturated carbocycles. The second-order valence-electron chi connectivity index (χ2n) is 7.45.